The van der Waals surface area contributed by atoms with Crippen molar-refractivity contribution in [3.8, 4) is 0 Å². The van der Waals surface area contributed by atoms with Gasteiger partial charge in [0.05, 0.1) is 9.82 Å². The van der Waals surface area contributed by atoms with E-state index in [1.165, 1.54) is 16.4 Å². The maximum atomic E-state index is 13.1. The number of nitrogens with zero attached hydrogens (tertiary/aromatic N) is 2. The molecule has 0 saturated carbocycles. The predicted octanol–water partition coefficient (Wildman–Crippen LogP) is 3.45. The van der Waals surface area contributed by atoms with E-state index < -0.39 is 35.6 Å². The SMILES string of the molecule is Cc1ccc(S(=O)(=O)N2CCc3ccc(NS(=O)(=O)c4ccccc4[N+](=O)[O-])cc3C2)cc1. The number of hydrogen-bond acceptors (Lipinski definition) is 6. The van der Waals surface area contributed by atoms with Gasteiger partial charge in [0.25, 0.3) is 15.7 Å². The van der Waals surface area contributed by atoms with Gasteiger partial charge in [-0.1, -0.05) is 35.9 Å². The molecule has 33 heavy (non-hydrogen) atoms. The van der Waals surface area contributed by atoms with Crippen molar-refractivity contribution < 1.29 is 21.8 Å². The van der Waals surface area contributed by atoms with Crippen molar-refractivity contribution in [3.05, 3.63) is 93.5 Å². The van der Waals surface area contributed by atoms with Gasteiger partial charge in [-0.05, 0) is 54.8 Å². The zero-order valence-electron chi connectivity index (χ0n) is 17.6. The molecule has 1 N–H and O–H groups in total. The summed E-state index contributed by atoms with van der Waals surface area (Å²) < 4.78 is 55.5. The predicted molar refractivity (Wildman–Crippen MR) is 123 cm³/mol. The number of anilines is 1. The van der Waals surface area contributed by atoms with E-state index in [1.807, 2.05) is 6.92 Å². The van der Waals surface area contributed by atoms with Crippen LogP contribution in [0, 0.1) is 17.0 Å². The number of para-hydroxylation sites is 1. The van der Waals surface area contributed by atoms with Crippen molar-refractivity contribution >= 4 is 31.4 Å². The topological polar surface area (TPSA) is 127 Å². The molecule has 0 saturated heterocycles. The molecule has 0 aromatic heterocycles. The molecule has 11 heteroatoms. The van der Waals surface area contributed by atoms with Gasteiger partial charge >= 0.3 is 0 Å². The summed E-state index contributed by atoms with van der Waals surface area (Å²) in [6, 6.07) is 16.6. The lowest BCUT2D eigenvalue weighted by atomic mass is 10.0. The number of benzene rings is 3. The van der Waals surface area contributed by atoms with Gasteiger partial charge in [-0.15, -0.1) is 0 Å². The minimum absolute atomic E-state index is 0.0899. The van der Waals surface area contributed by atoms with Crippen LogP contribution in [-0.4, -0.2) is 32.6 Å². The van der Waals surface area contributed by atoms with Crippen LogP contribution in [0.1, 0.15) is 16.7 Å². The summed E-state index contributed by atoms with van der Waals surface area (Å²) >= 11 is 0. The van der Waals surface area contributed by atoms with Crippen LogP contribution in [0.25, 0.3) is 0 Å². The third kappa shape index (κ3) is 4.61. The second-order valence-electron chi connectivity index (χ2n) is 7.72. The first-order valence-corrected chi connectivity index (χ1v) is 12.9. The van der Waals surface area contributed by atoms with E-state index in [0.717, 1.165) is 23.3 Å². The first kappa shape index (κ1) is 22.9. The van der Waals surface area contributed by atoms with Crippen molar-refractivity contribution in [2.45, 2.75) is 29.7 Å². The lowest BCUT2D eigenvalue weighted by molar-refractivity contribution is -0.387. The minimum atomic E-state index is -4.23. The molecule has 0 unspecified atom stereocenters. The number of aryl methyl sites for hydroxylation is 1. The molecule has 0 bridgehead atoms. The summed E-state index contributed by atoms with van der Waals surface area (Å²) in [5.41, 5.74) is 2.20. The number of nitro groups is 1. The van der Waals surface area contributed by atoms with Crippen LogP contribution in [-0.2, 0) is 33.0 Å². The Bertz CT molecular complexity index is 1440. The number of fused-ring (bicyclic) bond motifs is 1. The van der Waals surface area contributed by atoms with E-state index in [4.69, 9.17) is 0 Å². The number of sulfonamides is 2. The maximum absolute atomic E-state index is 13.1. The Labute approximate surface area is 191 Å². The van der Waals surface area contributed by atoms with Gasteiger partial charge in [0.1, 0.15) is 0 Å². The molecule has 3 aromatic rings. The Morgan fingerprint density at radius 3 is 2.33 bits per heavy atom. The Hall–Kier alpha value is -3.28. The van der Waals surface area contributed by atoms with E-state index in [9.17, 15) is 26.9 Å². The lowest BCUT2D eigenvalue weighted by Crippen LogP contribution is -2.36. The minimum Gasteiger partial charge on any atom is -0.279 e. The van der Waals surface area contributed by atoms with Crippen molar-refractivity contribution in [1.82, 2.24) is 4.31 Å². The van der Waals surface area contributed by atoms with Crippen LogP contribution in [0.2, 0.25) is 0 Å². The van der Waals surface area contributed by atoms with E-state index in [0.29, 0.717) is 18.5 Å². The standard InChI is InChI=1S/C22H21N3O6S2/c1-16-6-10-20(11-7-16)33(30,31)24-13-12-17-8-9-19(14-18(17)15-24)23-32(28,29)22-5-3-2-4-21(22)25(26)27/h2-11,14,23H,12-13,15H2,1H3. The van der Waals surface area contributed by atoms with Gasteiger partial charge in [0, 0.05) is 24.8 Å². The second kappa shape index (κ2) is 8.58. The van der Waals surface area contributed by atoms with Gasteiger partial charge in [-0.3, -0.25) is 14.8 Å². The second-order valence-corrected chi connectivity index (χ2v) is 11.3. The first-order valence-electron chi connectivity index (χ1n) is 10.0. The normalized spacial score (nSPS) is 14.5. The van der Waals surface area contributed by atoms with Gasteiger partial charge in [-0.25, -0.2) is 16.8 Å². The molecule has 0 amide bonds. The number of nitro benzene ring substituents is 1. The molecule has 1 aliphatic heterocycles. The highest BCUT2D eigenvalue weighted by molar-refractivity contribution is 7.92. The van der Waals surface area contributed by atoms with Crippen LogP contribution in [0.3, 0.4) is 0 Å². The maximum Gasteiger partial charge on any atom is 0.289 e. The Morgan fingerprint density at radius 2 is 1.64 bits per heavy atom. The average Bonchev–Trinajstić information content (AvgIpc) is 2.78. The van der Waals surface area contributed by atoms with Crippen molar-refractivity contribution in [2.24, 2.45) is 0 Å². The van der Waals surface area contributed by atoms with Gasteiger partial charge < -0.3 is 0 Å². The summed E-state index contributed by atoms with van der Waals surface area (Å²) in [5.74, 6) is 0. The molecule has 0 radical (unpaired) electrons. The average molecular weight is 488 g/mol. The molecular weight excluding hydrogens is 466 g/mol. The Kier molecular flexibility index (Phi) is 5.95. The van der Waals surface area contributed by atoms with E-state index in [-0.39, 0.29) is 17.1 Å². The first-order chi connectivity index (χ1) is 15.6. The highest BCUT2D eigenvalue weighted by atomic mass is 32.2. The largest absolute Gasteiger partial charge is 0.289 e. The van der Waals surface area contributed by atoms with Crippen LogP contribution in [0.15, 0.2) is 76.5 Å². The summed E-state index contributed by atoms with van der Waals surface area (Å²) in [6.07, 6.45) is 0.484. The highest BCUT2D eigenvalue weighted by Crippen LogP contribution is 2.29. The van der Waals surface area contributed by atoms with Gasteiger partial charge in [0.2, 0.25) is 10.0 Å². The monoisotopic (exact) mass is 487 g/mol. The molecule has 9 nitrogen and oxygen atoms in total. The van der Waals surface area contributed by atoms with E-state index >= 15 is 0 Å². The zero-order chi connectivity index (χ0) is 23.8. The summed E-state index contributed by atoms with van der Waals surface area (Å²) in [7, 11) is -7.94. The number of rotatable bonds is 6. The molecule has 4 rings (SSSR count). The molecule has 0 atom stereocenters. The summed E-state index contributed by atoms with van der Waals surface area (Å²) in [5, 5.41) is 11.2. The molecule has 1 aliphatic rings. The molecule has 0 aliphatic carbocycles. The van der Waals surface area contributed by atoms with Crippen LogP contribution in [0.4, 0.5) is 11.4 Å². The van der Waals surface area contributed by atoms with Crippen molar-refractivity contribution in [1.29, 1.82) is 0 Å². The molecule has 1 heterocycles. The third-order valence-electron chi connectivity index (χ3n) is 5.45. The number of hydrogen-bond donors (Lipinski definition) is 1. The fraction of sp³-hybridized carbons (Fsp3) is 0.182. The molecule has 3 aromatic carbocycles. The molecule has 172 valence electrons. The van der Waals surface area contributed by atoms with Gasteiger partial charge in [-0.2, -0.15) is 4.31 Å². The van der Waals surface area contributed by atoms with Crippen LogP contribution < -0.4 is 4.72 Å². The highest BCUT2D eigenvalue weighted by Gasteiger charge is 2.29. The van der Waals surface area contributed by atoms with Crippen molar-refractivity contribution in [3.63, 3.8) is 0 Å². The lowest BCUT2D eigenvalue weighted by Gasteiger charge is -2.28. The van der Waals surface area contributed by atoms with E-state index in [2.05, 4.69) is 4.72 Å². The fourth-order valence-electron chi connectivity index (χ4n) is 3.70. The quantitative estimate of drug-likeness (QED) is 0.419. The molecule has 0 spiro atoms. The van der Waals surface area contributed by atoms with Crippen LogP contribution in [0.5, 0.6) is 0 Å². The van der Waals surface area contributed by atoms with Crippen LogP contribution >= 0.6 is 0 Å². The summed E-state index contributed by atoms with van der Waals surface area (Å²) in [6.45, 7) is 2.28. The number of nitrogens with one attached hydrogen (secondary N) is 1. The van der Waals surface area contributed by atoms with Gasteiger partial charge in [0.15, 0.2) is 4.90 Å². The molecular formula is C22H21N3O6S2. The fourth-order valence-corrected chi connectivity index (χ4v) is 6.35. The molecule has 0 fully saturated rings. The van der Waals surface area contributed by atoms with E-state index in [1.54, 1.807) is 42.5 Å². The third-order valence-corrected chi connectivity index (χ3v) is 8.73. The Morgan fingerprint density at radius 1 is 0.939 bits per heavy atom. The van der Waals surface area contributed by atoms with Crippen molar-refractivity contribution in [2.75, 3.05) is 11.3 Å². The summed E-state index contributed by atoms with van der Waals surface area (Å²) in [4.78, 5) is 10.2. The smallest absolute Gasteiger partial charge is 0.279 e. The zero-order valence-corrected chi connectivity index (χ0v) is 19.3. The Balaban J connectivity index is 1.61.